The second-order valence-corrected chi connectivity index (χ2v) is 5.53. The Morgan fingerprint density at radius 3 is 2.48 bits per heavy atom. The number of aliphatic hydroxyl groups is 1. The largest absolute Gasteiger partial charge is 0.386 e. The number of guanidine groups is 1. The number of aliphatic hydroxyl groups excluding tert-OH is 1. The van der Waals surface area contributed by atoms with Crippen molar-refractivity contribution in [1.29, 1.82) is 0 Å². The molecule has 1 unspecified atom stereocenters. The van der Waals surface area contributed by atoms with Crippen molar-refractivity contribution in [2.24, 2.45) is 4.99 Å². The number of aliphatic imine (C=N–C) groups is 1. The molecule has 0 fully saturated rings. The lowest BCUT2D eigenvalue weighted by Crippen LogP contribution is -2.38. The van der Waals surface area contributed by atoms with Crippen LogP contribution in [0.2, 0.25) is 0 Å². The Labute approximate surface area is 167 Å². The summed E-state index contributed by atoms with van der Waals surface area (Å²) in [6.45, 7) is 7.38. The fraction of sp³-hybridized carbons (Fsp3) is 0.611. The average Bonchev–Trinajstić information content (AvgIpc) is 2.59. The van der Waals surface area contributed by atoms with Crippen LogP contribution in [0, 0.1) is 5.82 Å². The Balaban J connectivity index is 0.00000576. The molecule has 1 rings (SSSR count). The van der Waals surface area contributed by atoms with Gasteiger partial charge in [-0.25, -0.2) is 4.39 Å². The third-order valence-electron chi connectivity index (χ3n) is 3.42. The smallest absolute Gasteiger partial charge is 0.191 e. The van der Waals surface area contributed by atoms with E-state index in [2.05, 4.69) is 22.5 Å². The van der Waals surface area contributed by atoms with Crippen molar-refractivity contribution in [3.8, 4) is 0 Å². The Morgan fingerprint density at radius 1 is 1.16 bits per heavy atom. The number of rotatable bonds is 11. The summed E-state index contributed by atoms with van der Waals surface area (Å²) in [4.78, 5) is 4.37. The molecule has 144 valence electrons. The van der Waals surface area contributed by atoms with Gasteiger partial charge in [0, 0.05) is 26.3 Å². The lowest BCUT2D eigenvalue weighted by Gasteiger charge is -2.13. The van der Waals surface area contributed by atoms with Crippen molar-refractivity contribution < 1.29 is 14.2 Å². The Kier molecular flexibility index (Phi) is 14.8. The van der Waals surface area contributed by atoms with Crippen LogP contribution in [0.4, 0.5) is 4.39 Å². The minimum atomic E-state index is -0.751. The van der Waals surface area contributed by atoms with Gasteiger partial charge in [-0.15, -0.1) is 24.0 Å². The molecule has 0 spiro atoms. The zero-order valence-corrected chi connectivity index (χ0v) is 17.5. The third kappa shape index (κ3) is 11.3. The molecule has 0 saturated heterocycles. The number of unbranched alkanes of at least 4 members (excludes halogenated alkanes) is 1. The minimum Gasteiger partial charge on any atom is -0.386 e. The van der Waals surface area contributed by atoms with E-state index in [1.807, 2.05) is 6.92 Å². The van der Waals surface area contributed by atoms with Crippen LogP contribution in [-0.4, -0.2) is 43.9 Å². The molecule has 0 amide bonds. The fourth-order valence-corrected chi connectivity index (χ4v) is 2.04. The molecule has 7 heteroatoms. The van der Waals surface area contributed by atoms with Gasteiger partial charge in [-0.2, -0.15) is 0 Å². The maximum atomic E-state index is 12.9. The highest BCUT2D eigenvalue weighted by atomic mass is 127. The van der Waals surface area contributed by atoms with Crippen LogP contribution in [0.3, 0.4) is 0 Å². The van der Waals surface area contributed by atoms with E-state index in [-0.39, 0.29) is 36.3 Å². The molecule has 25 heavy (non-hydrogen) atoms. The van der Waals surface area contributed by atoms with Crippen LogP contribution in [0.1, 0.15) is 44.8 Å². The molecule has 0 radical (unpaired) electrons. The molecule has 0 saturated carbocycles. The highest BCUT2D eigenvalue weighted by molar-refractivity contribution is 14.0. The molecule has 0 bridgehead atoms. The van der Waals surface area contributed by atoms with Gasteiger partial charge in [0.15, 0.2) is 5.96 Å². The summed E-state index contributed by atoms with van der Waals surface area (Å²) in [6.07, 6.45) is 2.39. The van der Waals surface area contributed by atoms with E-state index < -0.39 is 6.10 Å². The van der Waals surface area contributed by atoms with Crippen LogP contribution in [0.5, 0.6) is 0 Å². The number of halogens is 2. The van der Waals surface area contributed by atoms with Gasteiger partial charge in [-0.05, 0) is 37.5 Å². The molecular weight excluding hydrogens is 436 g/mol. The monoisotopic (exact) mass is 467 g/mol. The maximum Gasteiger partial charge on any atom is 0.191 e. The lowest BCUT2D eigenvalue weighted by molar-refractivity contribution is 0.129. The van der Waals surface area contributed by atoms with Gasteiger partial charge in [0.25, 0.3) is 0 Å². The van der Waals surface area contributed by atoms with Crippen molar-refractivity contribution in [1.82, 2.24) is 10.6 Å². The minimum absolute atomic E-state index is 0. The van der Waals surface area contributed by atoms with Crippen molar-refractivity contribution in [2.75, 3.05) is 32.8 Å². The topological polar surface area (TPSA) is 65.9 Å². The quantitative estimate of drug-likeness (QED) is 0.202. The zero-order chi connectivity index (χ0) is 17.6. The van der Waals surface area contributed by atoms with Crippen LogP contribution >= 0.6 is 24.0 Å². The van der Waals surface area contributed by atoms with E-state index in [0.717, 1.165) is 45.6 Å². The van der Waals surface area contributed by atoms with E-state index in [9.17, 15) is 9.50 Å². The summed E-state index contributed by atoms with van der Waals surface area (Å²) in [5, 5.41) is 16.5. The predicted molar refractivity (Wildman–Crippen MR) is 111 cm³/mol. The second kappa shape index (κ2) is 15.3. The third-order valence-corrected chi connectivity index (χ3v) is 3.42. The second-order valence-electron chi connectivity index (χ2n) is 5.53. The Hall–Kier alpha value is -0.930. The fourth-order valence-electron chi connectivity index (χ4n) is 2.04. The number of nitrogens with one attached hydrogen (secondary N) is 2. The molecule has 1 aromatic carbocycles. The van der Waals surface area contributed by atoms with Crippen molar-refractivity contribution in [3.05, 3.63) is 35.6 Å². The summed E-state index contributed by atoms with van der Waals surface area (Å²) in [5.41, 5.74) is 0.653. The number of nitrogens with zero attached hydrogens (tertiary/aromatic N) is 1. The average molecular weight is 467 g/mol. The first kappa shape index (κ1) is 24.1. The molecule has 0 aliphatic carbocycles. The van der Waals surface area contributed by atoms with Crippen LogP contribution in [0.15, 0.2) is 29.3 Å². The van der Waals surface area contributed by atoms with Gasteiger partial charge < -0.3 is 20.5 Å². The van der Waals surface area contributed by atoms with E-state index in [0.29, 0.717) is 11.5 Å². The number of ether oxygens (including phenoxy) is 1. The first-order valence-electron chi connectivity index (χ1n) is 8.70. The van der Waals surface area contributed by atoms with Crippen molar-refractivity contribution >= 4 is 29.9 Å². The summed E-state index contributed by atoms with van der Waals surface area (Å²) in [6, 6.07) is 5.82. The Morgan fingerprint density at radius 2 is 1.84 bits per heavy atom. The molecule has 1 atom stereocenters. The summed E-state index contributed by atoms with van der Waals surface area (Å²) >= 11 is 0. The maximum absolute atomic E-state index is 12.9. The summed E-state index contributed by atoms with van der Waals surface area (Å²) in [5.74, 6) is 0.345. The number of hydrogen-bond acceptors (Lipinski definition) is 3. The molecule has 3 N–H and O–H groups in total. The lowest BCUT2D eigenvalue weighted by atomic mass is 10.1. The van der Waals surface area contributed by atoms with Gasteiger partial charge in [0.05, 0.1) is 12.6 Å². The standard InChI is InChI=1S/C18H30FN3O2.HI/c1-3-5-12-24-13-6-11-21-18(20-4-2)22-14-17(23)15-7-9-16(19)10-8-15;/h7-10,17,23H,3-6,11-14H2,1-2H3,(H2,20,21,22);1H. The van der Waals surface area contributed by atoms with Gasteiger partial charge in [-0.3, -0.25) is 4.99 Å². The Bertz CT molecular complexity index is 472. The highest BCUT2D eigenvalue weighted by Gasteiger charge is 2.07. The normalized spacial score (nSPS) is 12.4. The summed E-state index contributed by atoms with van der Waals surface area (Å²) in [7, 11) is 0. The zero-order valence-electron chi connectivity index (χ0n) is 15.1. The predicted octanol–water partition coefficient (Wildman–Crippen LogP) is 3.24. The van der Waals surface area contributed by atoms with E-state index >= 15 is 0 Å². The van der Waals surface area contributed by atoms with Gasteiger partial charge in [0.1, 0.15) is 5.82 Å². The summed E-state index contributed by atoms with van der Waals surface area (Å²) < 4.78 is 18.4. The first-order chi connectivity index (χ1) is 11.7. The molecule has 1 aromatic rings. The van der Waals surface area contributed by atoms with E-state index in [1.165, 1.54) is 12.1 Å². The van der Waals surface area contributed by atoms with Crippen LogP contribution in [0.25, 0.3) is 0 Å². The van der Waals surface area contributed by atoms with Crippen LogP contribution < -0.4 is 10.6 Å². The molecule has 0 aliphatic rings. The van der Waals surface area contributed by atoms with Crippen molar-refractivity contribution in [3.63, 3.8) is 0 Å². The number of hydrogen-bond donors (Lipinski definition) is 3. The molecule has 0 heterocycles. The molecule has 0 aromatic heterocycles. The first-order valence-corrected chi connectivity index (χ1v) is 8.70. The molecule has 0 aliphatic heterocycles. The SMILES string of the molecule is CCCCOCCCNC(=NCC(O)c1ccc(F)cc1)NCC.I. The number of benzene rings is 1. The highest BCUT2D eigenvalue weighted by Crippen LogP contribution is 2.13. The van der Waals surface area contributed by atoms with Gasteiger partial charge in [0.2, 0.25) is 0 Å². The molecule has 5 nitrogen and oxygen atoms in total. The van der Waals surface area contributed by atoms with Gasteiger partial charge >= 0.3 is 0 Å². The van der Waals surface area contributed by atoms with Crippen molar-refractivity contribution in [2.45, 2.75) is 39.2 Å². The van der Waals surface area contributed by atoms with Crippen LogP contribution in [-0.2, 0) is 4.74 Å². The van der Waals surface area contributed by atoms with E-state index in [4.69, 9.17) is 4.74 Å². The van der Waals surface area contributed by atoms with E-state index in [1.54, 1.807) is 12.1 Å². The molecular formula is C18H31FIN3O2. The van der Waals surface area contributed by atoms with Gasteiger partial charge in [-0.1, -0.05) is 25.5 Å².